The first-order chi connectivity index (χ1) is 9.25. The minimum absolute atomic E-state index is 0.290. The molecule has 0 bridgehead atoms. The van der Waals surface area contributed by atoms with E-state index in [1.807, 2.05) is 4.90 Å². The molecule has 7 nitrogen and oxygen atoms in total. The summed E-state index contributed by atoms with van der Waals surface area (Å²) in [5.74, 6) is 1.14. The van der Waals surface area contributed by atoms with Crippen LogP contribution in [-0.2, 0) is 4.74 Å². The Bertz CT molecular complexity index is 478. The van der Waals surface area contributed by atoms with Crippen molar-refractivity contribution in [1.29, 1.82) is 5.41 Å². The summed E-state index contributed by atoms with van der Waals surface area (Å²) >= 11 is 0. The lowest BCUT2D eigenvalue weighted by atomic mass is 10.3. The maximum atomic E-state index is 7.90. The third-order valence-corrected chi connectivity index (χ3v) is 2.56. The molecule has 7 heteroatoms. The lowest BCUT2D eigenvalue weighted by Crippen LogP contribution is -2.39. The van der Waals surface area contributed by atoms with Crippen molar-refractivity contribution in [3.05, 3.63) is 30.7 Å². The molecule has 0 aromatic carbocycles. The van der Waals surface area contributed by atoms with Gasteiger partial charge in [-0.1, -0.05) is 0 Å². The van der Waals surface area contributed by atoms with E-state index in [2.05, 4.69) is 15.0 Å². The summed E-state index contributed by atoms with van der Waals surface area (Å²) in [6, 6.07) is 0. The summed E-state index contributed by atoms with van der Waals surface area (Å²) in [6.07, 6.45) is 7.85. The van der Waals surface area contributed by atoms with Crippen molar-refractivity contribution in [2.45, 2.75) is 0 Å². The molecule has 0 spiro atoms. The Morgan fingerprint density at radius 1 is 1.37 bits per heavy atom. The van der Waals surface area contributed by atoms with Crippen molar-refractivity contribution in [2.75, 3.05) is 26.3 Å². The molecule has 0 atom stereocenters. The van der Waals surface area contributed by atoms with Gasteiger partial charge >= 0.3 is 0 Å². The van der Waals surface area contributed by atoms with Crippen LogP contribution >= 0.6 is 0 Å². The van der Waals surface area contributed by atoms with E-state index in [-0.39, 0.29) is 0 Å². The number of ether oxygens (including phenoxy) is 1. The first-order valence-corrected chi connectivity index (χ1v) is 5.95. The number of nitrogens with two attached hydrogens (primary N) is 1. The SMILES string of the molecule is N=C(/C=C\C(N)=Nc1cnccn1)N1CCOCC1. The van der Waals surface area contributed by atoms with Crippen molar-refractivity contribution in [2.24, 2.45) is 10.7 Å². The number of aromatic nitrogens is 2. The fourth-order valence-electron chi connectivity index (χ4n) is 1.59. The predicted molar refractivity (Wildman–Crippen MR) is 72.6 cm³/mol. The first-order valence-electron chi connectivity index (χ1n) is 5.95. The van der Waals surface area contributed by atoms with Gasteiger partial charge in [0.2, 0.25) is 0 Å². The van der Waals surface area contributed by atoms with Crippen LogP contribution in [0.5, 0.6) is 0 Å². The Hall–Kier alpha value is -2.28. The van der Waals surface area contributed by atoms with E-state index >= 15 is 0 Å². The number of nitrogens with zero attached hydrogens (tertiary/aromatic N) is 4. The molecule has 1 aromatic rings. The van der Waals surface area contributed by atoms with Gasteiger partial charge in [-0.3, -0.25) is 10.4 Å². The second-order valence-corrected chi connectivity index (χ2v) is 3.92. The van der Waals surface area contributed by atoms with Crippen LogP contribution in [0.3, 0.4) is 0 Å². The number of rotatable bonds is 3. The van der Waals surface area contributed by atoms with Crippen molar-refractivity contribution < 1.29 is 4.74 Å². The molecule has 1 fully saturated rings. The van der Waals surface area contributed by atoms with Gasteiger partial charge in [0.1, 0.15) is 11.7 Å². The second kappa shape index (κ2) is 6.60. The number of hydrogen-bond donors (Lipinski definition) is 2. The molecule has 0 radical (unpaired) electrons. The fourth-order valence-corrected chi connectivity index (χ4v) is 1.59. The van der Waals surface area contributed by atoms with Crippen LogP contribution in [0, 0.1) is 5.41 Å². The van der Waals surface area contributed by atoms with Crippen molar-refractivity contribution in [3.63, 3.8) is 0 Å². The molecule has 19 heavy (non-hydrogen) atoms. The van der Waals surface area contributed by atoms with E-state index in [4.69, 9.17) is 15.9 Å². The number of morpholine rings is 1. The molecule has 1 saturated heterocycles. The first kappa shape index (κ1) is 13.2. The van der Waals surface area contributed by atoms with Crippen LogP contribution in [-0.4, -0.2) is 52.8 Å². The molecule has 0 amide bonds. The van der Waals surface area contributed by atoms with E-state index in [9.17, 15) is 0 Å². The lowest BCUT2D eigenvalue weighted by Gasteiger charge is -2.27. The highest BCUT2D eigenvalue weighted by molar-refractivity contribution is 6.00. The third kappa shape index (κ3) is 4.14. The van der Waals surface area contributed by atoms with Crippen molar-refractivity contribution >= 4 is 17.5 Å². The van der Waals surface area contributed by atoms with Gasteiger partial charge in [-0.15, -0.1) is 0 Å². The minimum Gasteiger partial charge on any atom is -0.384 e. The highest BCUT2D eigenvalue weighted by Gasteiger charge is 2.11. The zero-order valence-corrected chi connectivity index (χ0v) is 10.5. The summed E-state index contributed by atoms with van der Waals surface area (Å²) in [6.45, 7) is 2.76. The zero-order chi connectivity index (χ0) is 13.5. The average Bonchev–Trinajstić information content (AvgIpc) is 2.47. The lowest BCUT2D eigenvalue weighted by molar-refractivity contribution is 0.0681. The van der Waals surface area contributed by atoms with Crippen LogP contribution in [0.1, 0.15) is 0 Å². The van der Waals surface area contributed by atoms with Crippen LogP contribution in [0.2, 0.25) is 0 Å². The molecule has 0 saturated carbocycles. The van der Waals surface area contributed by atoms with E-state index in [1.54, 1.807) is 24.5 Å². The maximum absolute atomic E-state index is 7.90. The summed E-state index contributed by atoms with van der Waals surface area (Å²) in [5, 5.41) is 7.90. The van der Waals surface area contributed by atoms with Gasteiger partial charge in [0.05, 0.1) is 19.4 Å². The van der Waals surface area contributed by atoms with Gasteiger partial charge in [0.25, 0.3) is 0 Å². The van der Waals surface area contributed by atoms with Crippen LogP contribution in [0.4, 0.5) is 5.82 Å². The van der Waals surface area contributed by atoms with Crippen molar-refractivity contribution in [1.82, 2.24) is 14.9 Å². The number of amidine groups is 2. The Morgan fingerprint density at radius 2 is 2.16 bits per heavy atom. The molecule has 2 rings (SSSR count). The molecule has 1 aliphatic heterocycles. The van der Waals surface area contributed by atoms with E-state index in [0.717, 1.165) is 13.1 Å². The standard InChI is InChI=1S/C12H16N6O/c13-10(17-12-9-15-3-4-16-12)1-2-11(14)18-5-7-19-8-6-18/h1-4,9,14H,5-8H2,(H2,13,16,17)/b2-1-,14-11?. The average molecular weight is 260 g/mol. The second-order valence-electron chi connectivity index (χ2n) is 3.92. The van der Waals surface area contributed by atoms with E-state index in [1.165, 1.54) is 6.20 Å². The molecule has 0 aliphatic carbocycles. The normalized spacial score (nSPS) is 16.8. The van der Waals surface area contributed by atoms with Gasteiger partial charge in [0, 0.05) is 25.5 Å². The number of nitrogens with one attached hydrogen (secondary N) is 1. The molecule has 3 N–H and O–H groups in total. The Labute approximate surface area is 111 Å². The van der Waals surface area contributed by atoms with Crippen LogP contribution in [0.25, 0.3) is 0 Å². The summed E-state index contributed by atoms with van der Waals surface area (Å²) in [4.78, 5) is 13.9. The number of hydrogen-bond acceptors (Lipinski definition) is 5. The molecular weight excluding hydrogens is 244 g/mol. The quantitative estimate of drug-likeness (QED) is 0.602. The minimum atomic E-state index is 0.290. The van der Waals surface area contributed by atoms with Crippen LogP contribution in [0.15, 0.2) is 35.7 Å². The van der Waals surface area contributed by atoms with Crippen molar-refractivity contribution in [3.8, 4) is 0 Å². The zero-order valence-electron chi connectivity index (χ0n) is 10.5. The predicted octanol–water partition coefficient (Wildman–Crippen LogP) is 0.331. The van der Waals surface area contributed by atoms with Gasteiger partial charge in [0.15, 0.2) is 5.82 Å². The summed E-state index contributed by atoms with van der Waals surface area (Å²) < 4.78 is 5.23. The van der Waals surface area contributed by atoms with Gasteiger partial charge in [-0.2, -0.15) is 0 Å². The Kier molecular flexibility index (Phi) is 4.57. The van der Waals surface area contributed by atoms with Crippen LogP contribution < -0.4 is 5.73 Å². The summed E-state index contributed by atoms with van der Waals surface area (Å²) in [7, 11) is 0. The molecular formula is C12H16N6O. The van der Waals surface area contributed by atoms with Gasteiger partial charge in [-0.05, 0) is 12.2 Å². The maximum Gasteiger partial charge on any atom is 0.172 e. The van der Waals surface area contributed by atoms with E-state index < -0.39 is 0 Å². The number of aliphatic imine (C=N–C) groups is 1. The highest BCUT2D eigenvalue weighted by Crippen LogP contribution is 2.03. The topological polar surface area (TPSA) is 100 Å². The molecule has 2 heterocycles. The molecule has 1 aliphatic rings. The Morgan fingerprint density at radius 3 is 2.84 bits per heavy atom. The highest BCUT2D eigenvalue weighted by atomic mass is 16.5. The third-order valence-electron chi connectivity index (χ3n) is 2.56. The van der Waals surface area contributed by atoms with E-state index in [0.29, 0.717) is 30.7 Å². The fraction of sp³-hybridized carbons (Fsp3) is 0.333. The molecule has 100 valence electrons. The largest absolute Gasteiger partial charge is 0.384 e. The van der Waals surface area contributed by atoms with Gasteiger partial charge in [-0.25, -0.2) is 9.98 Å². The summed E-state index contributed by atoms with van der Waals surface area (Å²) in [5.41, 5.74) is 5.74. The Balaban J connectivity index is 1.94. The monoisotopic (exact) mass is 260 g/mol. The smallest absolute Gasteiger partial charge is 0.172 e. The molecule has 0 unspecified atom stereocenters. The molecule has 1 aromatic heterocycles. The van der Waals surface area contributed by atoms with Gasteiger partial charge < -0.3 is 15.4 Å².